The van der Waals surface area contributed by atoms with Crippen LogP contribution in [0.2, 0.25) is 0 Å². The summed E-state index contributed by atoms with van der Waals surface area (Å²) in [5, 5.41) is 6.35. The monoisotopic (exact) mass is 907 g/mol. The molecule has 2 aliphatic heterocycles. The summed E-state index contributed by atoms with van der Waals surface area (Å²) in [5.74, 6) is -1.63. The van der Waals surface area contributed by atoms with E-state index in [1.165, 1.54) is 11.0 Å². The number of hydrogen-bond acceptors (Lipinski definition) is 11. The maximum atomic E-state index is 14.9. The smallest absolute Gasteiger partial charge is 0.408 e. The topological polar surface area (TPSA) is 192 Å². The zero-order valence-electron chi connectivity index (χ0n) is 37.2. The highest BCUT2D eigenvalue weighted by atomic mass is 32.2. The van der Waals surface area contributed by atoms with E-state index >= 15 is 0 Å². The van der Waals surface area contributed by atoms with Crippen molar-refractivity contribution >= 4 is 44.7 Å². The van der Waals surface area contributed by atoms with Crippen LogP contribution in [-0.2, 0) is 40.3 Å². The molecule has 3 N–H and O–H groups in total. The Morgan fingerprint density at radius 2 is 1.66 bits per heavy atom. The fraction of sp³-hybridized carbons (Fsp3) is 0.449. The van der Waals surface area contributed by atoms with Gasteiger partial charge in [-0.1, -0.05) is 87.5 Å². The maximum absolute atomic E-state index is 14.9. The van der Waals surface area contributed by atoms with Crippen LogP contribution in [0, 0.1) is 11.3 Å². The van der Waals surface area contributed by atoms with Gasteiger partial charge in [0.25, 0.3) is 5.91 Å². The number of fused-ring (bicyclic) bond motifs is 1. The SMILES string of the molecule is C=C[C@@H]1C[C@]1(NC(=O)[C@@H]1C[C@@H](Oc2cc(-c3ccccc3)nc3cc(OC)ccc23)CN1C(=O)[C@@H](NC(=O)OC1CCOCC1)C(C)(C)C)C(=O)NS(=O)(=O)C1(Cc2ccccc2)CC1. The lowest BCUT2D eigenvalue weighted by atomic mass is 9.85. The average Bonchev–Trinajstić information content (AvgIpc) is 4.20. The highest BCUT2D eigenvalue weighted by Gasteiger charge is 2.63. The summed E-state index contributed by atoms with van der Waals surface area (Å²) in [7, 11) is -2.61. The molecule has 0 radical (unpaired) electrons. The molecule has 4 fully saturated rings. The molecule has 16 heteroatoms. The van der Waals surface area contributed by atoms with E-state index in [0.29, 0.717) is 67.0 Å². The van der Waals surface area contributed by atoms with Crippen molar-refractivity contribution in [2.24, 2.45) is 11.3 Å². The fourth-order valence-electron chi connectivity index (χ4n) is 8.93. The van der Waals surface area contributed by atoms with Crippen LogP contribution < -0.4 is 24.8 Å². The lowest BCUT2D eigenvalue weighted by Crippen LogP contribution is -2.60. The summed E-state index contributed by atoms with van der Waals surface area (Å²) in [6, 6.07) is 23.7. The predicted octanol–water partition coefficient (Wildman–Crippen LogP) is 5.86. The molecule has 8 rings (SSSR count). The molecule has 5 atom stereocenters. The predicted molar refractivity (Wildman–Crippen MR) is 243 cm³/mol. The minimum atomic E-state index is -4.18. The molecule has 0 bridgehead atoms. The molecule has 4 aromatic rings. The van der Waals surface area contributed by atoms with E-state index in [9.17, 15) is 27.6 Å². The Morgan fingerprint density at radius 1 is 0.969 bits per heavy atom. The van der Waals surface area contributed by atoms with Crippen molar-refractivity contribution in [3.63, 3.8) is 0 Å². The molecule has 65 heavy (non-hydrogen) atoms. The van der Waals surface area contributed by atoms with Crippen LogP contribution in [0.15, 0.2) is 97.6 Å². The van der Waals surface area contributed by atoms with E-state index in [2.05, 4.69) is 21.9 Å². The van der Waals surface area contributed by atoms with Gasteiger partial charge in [-0.05, 0) is 48.8 Å². The molecule has 3 heterocycles. The molecule has 4 amide bonds. The lowest BCUT2D eigenvalue weighted by Gasteiger charge is -2.35. The highest BCUT2D eigenvalue weighted by Crippen LogP contribution is 2.49. The third kappa shape index (κ3) is 9.69. The number of carbonyl (C=O) groups excluding carboxylic acids is 4. The molecular weight excluding hydrogens is 851 g/mol. The second kappa shape index (κ2) is 18.1. The van der Waals surface area contributed by atoms with E-state index < -0.39 is 73.6 Å². The van der Waals surface area contributed by atoms with Gasteiger partial charge in [0.2, 0.25) is 21.8 Å². The summed E-state index contributed by atoms with van der Waals surface area (Å²) >= 11 is 0. The number of likely N-dealkylation sites (tertiary alicyclic amines) is 1. The van der Waals surface area contributed by atoms with Gasteiger partial charge in [-0.25, -0.2) is 18.2 Å². The van der Waals surface area contributed by atoms with Crippen LogP contribution >= 0.6 is 0 Å². The third-order valence-corrected chi connectivity index (χ3v) is 15.2. The first kappa shape index (κ1) is 45.6. The molecule has 2 aliphatic carbocycles. The lowest BCUT2D eigenvalue weighted by molar-refractivity contribution is -0.143. The van der Waals surface area contributed by atoms with Crippen LogP contribution in [0.4, 0.5) is 4.79 Å². The first-order chi connectivity index (χ1) is 31.0. The van der Waals surface area contributed by atoms with Gasteiger partial charge in [0.15, 0.2) is 0 Å². The molecular formula is C49H57N5O10S. The number of rotatable bonds is 15. The number of nitrogens with zero attached hydrogens (tertiary/aromatic N) is 2. The first-order valence-corrected chi connectivity index (χ1v) is 23.6. The van der Waals surface area contributed by atoms with Crippen molar-refractivity contribution in [2.75, 3.05) is 26.9 Å². The number of sulfonamides is 1. The second-order valence-corrected chi connectivity index (χ2v) is 20.8. The van der Waals surface area contributed by atoms with Gasteiger partial charge in [0.05, 0.1) is 42.8 Å². The number of ether oxygens (including phenoxy) is 4. The molecule has 344 valence electrons. The summed E-state index contributed by atoms with van der Waals surface area (Å²) in [6.07, 6.45) is 1.76. The molecule has 2 saturated heterocycles. The number of aromatic nitrogens is 1. The van der Waals surface area contributed by atoms with Crippen molar-refractivity contribution in [3.8, 4) is 22.8 Å². The number of nitrogens with one attached hydrogen (secondary N) is 3. The highest BCUT2D eigenvalue weighted by molar-refractivity contribution is 7.91. The number of hydrogen-bond donors (Lipinski definition) is 3. The number of benzene rings is 3. The van der Waals surface area contributed by atoms with E-state index in [0.717, 1.165) is 11.1 Å². The number of amides is 4. The van der Waals surface area contributed by atoms with Gasteiger partial charge < -0.3 is 34.5 Å². The van der Waals surface area contributed by atoms with E-state index in [1.54, 1.807) is 40.0 Å². The largest absolute Gasteiger partial charge is 0.497 e. The number of alkyl carbamates (subject to hydrolysis) is 1. The van der Waals surface area contributed by atoms with Crippen LogP contribution in [0.5, 0.6) is 11.5 Å². The van der Waals surface area contributed by atoms with Crippen LogP contribution in [-0.4, -0.2) is 104 Å². The van der Waals surface area contributed by atoms with Gasteiger partial charge >= 0.3 is 6.09 Å². The summed E-state index contributed by atoms with van der Waals surface area (Å²) < 4.78 is 52.4. The Labute approximate surface area is 379 Å². The van der Waals surface area contributed by atoms with Crippen molar-refractivity contribution in [3.05, 3.63) is 103 Å². The first-order valence-electron chi connectivity index (χ1n) is 22.2. The fourth-order valence-corrected chi connectivity index (χ4v) is 10.6. The second-order valence-electron chi connectivity index (χ2n) is 18.7. The quantitative estimate of drug-likeness (QED) is 0.121. The Kier molecular flexibility index (Phi) is 12.7. The number of methoxy groups -OCH3 is 1. The Bertz CT molecular complexity index is 2560. The minimum Gasteiger partial charge on any atom is -0.497 e. The van der Waals surface area contributed by atoms with Gasteiger partial charge in [-0.2, -0.15) is 0 Å². The molecule has 0 spiro atoms. The maximum Gasteiger partial charge on any atom is 0.408 e. The van der Waals surface area contributed by atoms with Gasteiger partial charge in [-0.3, -0.25) is 19.1 Å². The normalized spacial score (nSPS) is 23.1. The van der Waals surface area contributed by atoms with Crippen molar-refractivity contribution in [2.45, 2.75) is 100 Å². The van der Waals surface area contributed by atoms with Gasteiger partial charge in [-0.15, -0.1) is 6.58 Å². The molecule has 4 aliphatic rings. The average molecular weight is 908 g/mol. The van der Waals surface area contributed by atoms with Crippen molar-refractivity contribution < 1.29 is 46.5 Å². The molecule has 0 unspecified atom stereocenters. The van der Waals surface area contributed by atoms with Gasteiger partial charge in [0, 0.05) is 48.3 Å². The molecule has 2 saturated carbocycles. The Balaban J connectivity index is 1.09. The summed E-state index contributed by atoms with van der Waals surface area (Å²) in [5.41, 5.74) is 0.418. The number of carbonyl (C=O) groups is 4. The zero-order chi connectivity index (χ0) is 46.1. The van der Waals surface area contributed by atoms with Crippen LogP contribution in [0.3, 0.4) is 0 Å². The van der Waals surface area contributed by atoms with E-state index in [1.807, 2.05) is 72.8 Å². The van der Waals surface area contributed by atoms with Crippen molar-refractivity contribution in [1.29, 1.82) is 0 Å². The van der Waals surface area contributed by atoms with Gasteiger partial charge in [0.1, 0.15) is 41.3 Å². The van der Waals surface area contributed by atoms with E-state index in [4.69, 9.17) is 23.9 Å². The Morgan fingerprint density at radius 3 is 2.29 bits per heavy atom. The van der Waals surface area contributed by atoms with Crippen LogP contribution in [0.1, 0.15) is 64.9 Å². The zero-order valence-corrected chi connectivity index (χ0v) is 38.0. The summed E-state index contributed by atoms with van der Waals surface area (Å²) in [4.78, 5) is 63.6. The standard InChI is InChI=1S/C49H57N5O10S/c1-6-33-29-49(33,45(57)53-65(59,60)48(21-22-48)28-31-13-9-7-10-14-31)52-43(55)40-26-36(30-54(40)44(56)42(47(2,3)4)51-46(58)64-34-19-23-62-24-20-34)63-41-27-38(32-15-11-8-12-16-32)50-39-25-35(61-5)17-18-37(39)41/h6-18,25,27,33-34,36,40,42H,1,19-24,26,28-30H2,2-5H3,(H,51,58)(H,52,55)(H,53,57)/t33-,36-,40+,42-,49-/m1/s1. The molecule has 1 aromatic heterocycles. The molecule has 3 aromatic carbocycles. The number of pyridine rings is 1. The Hall–Kier alpha value is -6.00. The minimum absolute atomic E-state index is 0.00343. The van der Waals surface area contributed by atoms with E-state index in [-0.39, 0.29) is 31.9 Å². The molecule has 15 nitrogen and oxygen atoms in total. The third-order valence-electron chi connectivity index (χ3n) is 13.0. The summed E-state index contributed by atoms with van der Waals surface area (Å²) in [6.45, 7) is 10.1. The van der Waals surface area contributed by atoms with Crippen molar-refractivity contribution in [1.82, 2.24) is 25.2 Å². The van der Waals surface area contributed by atoms with Crippen LogP contribution in [0.25, 0.3) is 22.2 Å².